The third-order valence-corrected chi connectivity index (χ3v) is 4.82. The molecule has 1 aliphatic rings. The molecule has 0 spiro atoms. The van der Waals surface area contributed by atoms with Crippen molar-refractivity contribution in [2.75, 3.05) is 18.4 Å². The Bertz CT molecular complexity index is 671. The van der Waals surface area contributed by atoms with E-state index in [1.165, 1.54) is 17.1 Å². The van der Waals surface area contributed by atoms with Gasteiger partial charge in [0.15, 0.2) is 0 Å². The van der Waals surface area contributed by atoms with Gasteiger partial charge in [-0.15, -0.1) is 0 Å². The molecule has 0 radical (unpaired) electrons. The van der Waals surface area contributed by atoms with Crippen molar-refractivity contribution in [2.24, 2.45) is 11.8 Å². The lowest BCUT2D eigenvalue weighted by Crippen LogP contribution is -2.25. The molecule has 1 N–H and O–H groups in total. The first-order chi connectivity index (χ1) is 11.6. The number of nitrogens with one attached hydrogen (secondary N) is 1. The smallest absolute Gasteiger partial charge is 0.223 e. The third kappa shape index (κ3) is 4.54. The maximum atomic E-state index is 12.2. The van der Waals surface area contributed by atoms with Gasteiger partial charge in [-0.05, 0) is 11.5 Å². The third-order valence-electron chi connectivity index (χ3n) is 4.11. The molecule has 1 amide bonds. The van der Waals surface area contributed by atoms with E-state index in [9.17, 15) is 4.79 Å². The van der Waals surface area contributed by atoms with Gasteiger partial charge in [0.05, 0.1) is 0 Å². The number of carbonyl (C=O) groups excluding carboxylic acids is 1. The number of nitrogens with zero attached hydrogens (tertiary/aromatic N) is 3. The van der Waals surface area contributed by atoms with Crippen molar-refractivity contribution >= 4 is 22.6 Å². The van der Waals surface area contributed by atoms with Crippen LogP contribution in [-0.4, -0.2) is 33.3 Å². The number of carbonyl (C=O) groups is 1. The van der Waals surface area contributed by atoms with Crippen molar-refractivity contribution in [3.8, 4) is 0 Å². The van der Waals surface area contributed by atoms with Crippen molar-refractivity contribution in [2.45, 2.75) is 33.2 Å². The fourth-order valence-corrected chi connectivity index (χ4v) is 3.55. The summed E-state index contributed by atoms with van der Waals surface area (Å²) >= 11 is 1.41. The Morgan fingerprint density at radius 3 is 2.88 bits per heavy atom. The number of likely N-dealkylation sites (tertiary alicyclic amines) is 1. The highest BCUT2D eigenvalue weighted by atomic mass is 32.1. The van der Waals surface area contributed by atoms with E-state index in [2.05, 4.69) is 40.7 Å². The standard InChI is InChI=1S/C18H24N4OS/c1-13(2)8-16-20-18(24-21-16)19-10-15-9-17(23)22(12-15)11-14-6-4-3-5-7-14/h3-7,13,15H,8-12H2,1-2H3,(H,19,20,21)/t15-/m0/s1. The van der Waals surface area contributed by atoms with Gasteiger partial charge in [-0.25, -0.2) is 4.98 Å². The number of hydrogen-bond donors (Lipinski definition) is 1. The Kier molecular flexibility index (Phi) is 5.45. The first-order valence-electron chi connectivity index (χ1n) is 8.48. The number of hydrogen-bond acceptors (Lipinski definition) is 5. The average Bonchev–Trinajstić information content (AvgIpc) is 3.13. The molecular formula is C18H24N4OS. The summed E-state index contributed by atoms with van der Waals surface area (Å²) < 4.78 is 4.38. The lowest BCUT2D eigenvalue weighted by atomic mass is 10.1. The minimum Gasteiger partial charge on any atom is -0.360 e. The molecule has 1 aromatic carbocycles. The minimum atomic E-state index is 0.239. The topological polar surface area (TPSA) is 58.1 Å². The van der Waals surface area contributed by atoms with E-state index in [0.717, 1.165) is 30.5 Å². The summed E-state index contributed by atoms with van der Waals surface area (Å²) in [4.78, 5) is 18.7. The molecule has 1 saturated heterocycles. The predicted octanol–water partition coefficient (Wildman–Crippen LogP) is 3.20. The van der Waals surface area contributed by atoms with Crippen molar-refractivity contribution < 1.29 is 4.79 Å². The van der Waals surface area contributed by atoms with Crippen molar-refractivity contribution in [1.29, 1.82) is 0 Å². The van der Waals surface area contributed by atoms with Crippen LogP contribution in [-0.2, 0) is 17.8 Å². The Hall–Kier alpha value is -1.95. The van der Waals surface area contributed by atoms with Crippen LogP contribution < -0.4 is 5.32 Å². The summed E-state index contributed by atoms with van der Waals surface area (Å²) in [6.45, 7) is 6.61. The monoisotopic (exact) mass is 344 g/mol. The van der Waals surface area contributed by atoms with Gasteiger partial charge in [-0.2, -0.15) is 4.37 Å². The second-order valence-corrected chi connectivity index (χ2v) is 7.58. The van der Waals surface area contributed by atoms with E-state index >= 15 is 0 Å². The maximum Gasteiger partial charge on any atom is 0.223 e. The van der Waals surface area contributed by atoms with Crippen LogP contribution in [0.5, 0.6) is 0 Å². The molecule has 6 heteroatoms. The Morgan fingerprint density at radius 1 is 1.33 bits per heavy atom. The molecule has 0 aliphatic carbocycles. The van der Waals surface area contributed by atoms with E-state index in [1.54, 1.807) is 0 Å². The molecule has 128 valence electrons. The number of amides is 1. The Balaban J connectivity index is 1.48. The molecule has 0 unspecified atom stereocenters. The molecule has 1 fully saturated rings. The fraction of sp³-hybridized carbons (Fsp3) is 0.500. The molecule has 0 saturated carbocycles. The van der Waals surface area contributed by atoms with Crippen LogP contribution in [0, 0.1) is 11.8 Å². The molecule has 2 aromatic rings. The van der Waals surface area contributed by atoms with E-state index in [4.69, 9.17) is 0 Å². The SMILES string of the molecule is CC(C)Cc1nsc(NC[C@@H]2CC(=O)N(Cc3ccccc3)C2)n1. The lowest BCUT2D eigenvalue weighted by molar-refractivity contribution is -0.128. The van der Waals surface area contributed by atoms with Crippen LogP contribution in [0.3, 0.4) is 0 Å². The number of benzene rings is 1. The molecule has 3 rings (SSSR count). The molecule has 0 bridgehead atoms. The Labute approximate surface area is 147 Å². The minimum absolute atomic E-state index is 0.239. The number of rotatable bonds is 7. The molecule has 2 heterocycles. The summed E-state index contributed by atoms with van der Waals surface area (Å²) in [6, 6.07) is 10.2. The number of aromatic nitrogens is 2. The zero-order chi connectivity index (χ0) is 16.9. The normalized spacial score (nSPS) is 17.7. The second kappa shape index (κ2) is 7.75. The second-order valence-electron chi connectivity index (χ2n) is 6.82. The van der Waals surface area contributed by atoms with Gasteiger partial charge in [0, 0.05) is 49.9 Å². The molecular weight excluding hydrogens is 320 g/mol. The van der Waals surface area contributed by atoms with Crippen molar-refractivity contribution in [3.63, 3.8) is 0 Å². The average molecular weight is 344 g/mol. The van der Waals surface area contributed by atoms with Gasteiger partial charge in [-0.3, -0.25) is 4.79 Å². The van der Waals surface area contributed by atoms with Crippen molar-refractivity contribution in [1.82, 2.24) is 14.3 Å². The summed E-state index contributed by atoms with van der Waals surface area (Å²) in [6.07, 6.45) is 1.52. The van der Waals surface area contributed by atoms with Crippen LogP contribution in [0.15, 0.2) is 30.3 Å². The largest absolute Gasteiger partial charge is 0.360 e. The zero-order valence-corrected chi connectivity index (χ0v) is 15.1. The molecule has 24 heavy (non-hydrogen) atoms. The van der Waals surface area contributed by atoms with E-state index in [0.29, 0.717) is 24.8 Å². The molecule has 1 atom stereocenters. The van der Waals surface area contributed by atoms with E-state index < -0.39 is 0 Å². The van der Waals surface area contributed by atoms with Gasteiger partial charge in [0.25, 0.3) is 0 Å². The van der Waals surface area contributed by atoms with Gasteiger partial charge >= 0.3 is 0 Å². The van der Waals surface area contributed by atoms with E-state index in [-0.39, 0.29) is 5.91 Å². The van der Waals surface area contributed by atoms with Crippen LogP contribution >= 0.6 is 11.5 Å². The summed E-state index contributed by atoms with van der Waals surface area (Å²) in [5, 5.41) is 4.21. The lowest BCUT2D eigenvalue weighted by Gasteiger charge is -2.16. The summed E-state index contributed by atoms with van der Waals surface area (Å²) in [5.41, 5.74) is 1.18. The highest BCUT2D eigenvalue weighted by molar-refractivity contribution is 7.09. The highest BCUT2D eigenvalue weighted by Gasteiger charge is 2.29. The van der Waals surface area contributed by atoms with Crippen molar-refractivity contribution in [3.05, 3.63) is 41.7 Å². The maximum absolute atomic E-state index is 12.2. The molecule has 1 aromatic heterocycles. The predicted molar refractivity (Wildman–Crippen MR) is 96.9 cm³/mol. The first-order valence-corrected chi connectivity index (χ1v) is 9.25. The summed E-state index contributed by atoms with van der Waals surface area (Å²) in [5.74, 6) is 2.04. The molecule has 5 nitrogen and oxygen atoms in total. The first kappa shape index (κ1) is 16.9. The van der Waals surface area contributed by atoms with Crippen LogP contribution in [0.1, 0.15) is 31.7 Å². The van der Waals surface area contributed by atoms with Gasteiger partial charge < -0.3 is 10.2 Å². The Morgan fingerprint density at radius 2 is 2.12 bits per heavy atom. The molecule has 1 aliphatic heterocycles. The van der Waals surface area contributed by atoms with Gasteiger partial charge in [0.1, 0.15) is 5.82 Å². The van der Waals surface area contributed by atoms with E-state index in [1.807, 2.05) is 23.1 Å². The van der Waals surface area contributed by atoms with Gasteiger partial charge in [-0.1, -0.05) is 44.2 Å². The number of anilines is 1. The zero-order valence-electron chi connectivity index (χ0n) is 14.2. The summed E-state index contributed by atoms with van der Waals surface area (Å²) in [7, 11) is 0. The van der Waals surface area contributed by atoms with Gasteiger partial charge in [0.2, 0.25) is 11.0 Å². The van der Waals surface area contributed by atoms with Crippen LogP contribution in [0.25, 0.3) is 0 Å². The fourth-order valence-electron chi connectivity index (χ4n) is 2.95. The quantitative estimate of drug-likeness (QED) is 0.838. The van der Waals surface area contributed by atoms with Crippen LogP contribution in [0.4, 0.5) is 5.13 Å². The highest BCUT2D eigenvalue weighted by Crippen LogP contribution is 2.21. The van der Waals surface area contributed by atoms with Crippen LogP contribution in [0.2, 0.25) is 0 Å².